The highest BCUT2D eigenvalue weighted by molar-refractivity contribution is 5.91. The molecule has 5 heteroatoms. The van der Waals surface area contributed by atoms with Crippen molar-refractivity contribution >= 4 is 12.4 Å². The summed E-state index contributed by atoms with van der Waals surface area (Å²) in [4.78, 5) is 21.0. The summed E-state index contributed by atoms with van der Waals surface area (Å²) in [6.07, 6.45) is 2.38. The minimum absolute atomic E-state index is 0.0358. The molecule has 0 saturated carbocycles. The summed E-state index contributed by atoms with van der Waals surface area (Å²) >= 11 is 0. The van der Waals surface area contributed by atoms with Gasteiger partial charge in [-0.1, -0.05) is 6.92 Å². The molecule has 0 aromatic heterocycles. The Hall–Kier alpha value is -1.36. The van der Waals surface area contributed by atoms with Crippen molar-refractivity contribution in [1.82, 2.24) is 4.90 Å². The maximum atomic E-state index is 11.1. The first-order valence-electron chi connectivity index (χ1n) is 4.20. The number of likely N-dealkylation sites (N-methyl/N-ethyl adjacent to an activating group) is 1. The van der Waals surface area contributed by atoms with Crippen molar-refractivity contribution in [3.63, 3.8) is 0 Å². The lowest BCUT2D eigenvalue weighted by atomic mass is 10.2. The largest absolute Gasteiger partial charge is 0.483 e. The Morgan fingerprint density at radius 3 is 2.50 bits per heavy atom. The van der Waals surface area contributed by atoms with E-state index in [0.717, 1.165) is 12.0 Å². The predicted molar refractivity (Wildman–Crippen MR) is 50.6 cm³/mol. The molecule has 80 valence electrons. The summed E-state index contributed by atoms with van der Waals surface area (Å²) in [5, 5.41) is 6.89. The van der Waals surface area contributed by atoms with Gasteiger partial charge in [-0.2, -0.15) is 0 Å². The van der Waals surface area contributed by atoms with Gasteiger partial charge in [0, 0.05) is 20.2 Å². The van der Waals surface area contributed by atoms with Crippen LogP contribution in [-0.2, 0) is 14.3 Å². The topological polar surface area (TPSA) is 66.8 Å². The molecule has 1 heterocycles. The Balaban J connectivity index is 0.000000500. The summed E-state index contributed by atoms with van der Waals surface area (Å²) in [5.41, 5.74) is 1.06. The van der Waals surface area contributed by atoms with Crippen LogP contribution in [0.1, 0.15) is 13.3 Å². The Morgan fingerprint density at radius 1 is 1.71 bits per heavy atom. The van der Waals surface area contributed by atoms with Gasteiger partial charge in [-0.05, 0) is 12.0 Å². The fourth-order valence-electron chi connectivity index (χ4n) is 1.28. The van der Waals surface area contributed by atoms with Gasteiger partial charge in [0.25, 0.3) is 6.47 Å². The molecule has 1 aliphatic rings. The lowest BCUT2D eigenvalue weighted by molar-refractivity contribution is -0.130. The van der Waals surface area contributed by atoms with Crippen molar-refractivity contribution in [2.75, 3.05) is 14.2 Å². The van der Waals surface area contributed by atoms with E-state index in [-0.39, 0.29) is 18.6 Å². The molecule has 1 unspecified atom stereocenters. The molecular weight excluding hydrogens is 186 g/mol. The van der Waals surface area contributed by atoms with Crippen LogP contribution in [0.15, 0.2) is 11.6 Å². The van der Waals surface area contributed by atoms with E-state index in [1.54, 1.807) is 25.1 Å². The van der Waals surface area contributed by atoms with E-state index >= 15 is 0 Å². The number of methoxy groups -OCH3 is 1. The van der Waals surface area contributed by atoms with Gasteiger partial charge in [0.1, 0.15) is 0 Å². The molecule has 1 rings (SSSR count). The Morgan fingerprint density at radius 2 is 2.21 bits per heavy atom. The first-order chi connectivity index (χ1) is 6.62. The fourth-order valence-corrected chi connectivity index (χ4v) is 1.28. The number of nitrogens with zero attached hydrogens (tertiary/aromatic N) is 1. The molecule has 1 N–H and O–H groups in total. The molecule has 0 aromatic carbocycles. The minimum atomic E-state index is -0.250. The molecule has 0 bridgehead atoms. The van der Waals surface area contributed by atoms with Gasteiger partial charge in [0.15, 0.2) is 6.23 Å². The zero-order chi connectivity index (χ0) is 11.1. The third-order valence-electron chi connectivity index (χ3n) is 1.96. The van der Waals surface area contributed by atoms with Crippen LogP contribution >= 0.6 is 0 Å². The molecule has 0 spiro atoms. The molecule has 1 aliphatic heterocycles. The Bertz CT molecular complexity index is 237. The molecule has 0 radical (unpaired) electrons. The second-order valence-electron chi connectivity index (χ2n) is 2.72. The molecule has 0 aliphatic carbocycles. The van der Waals surface area contributed by atoms with E-state index < -0.39 is 0 Å². The number of carbonyl (C=O) groups is 2. The number of carbonyl (C=O) groups excluding carboxylic acids is 1. The fraction of sp³-hybridized carbons (Fsp3) is 0.556. The van der Waals surface area contributed by atoms with Gasteiger partial charge < -0.3 is 14.7 Å². The third kappa shape index (κ3) is 2.85. The van der Waals surface area contributed by atoms with E-state index in [9.17, 15) is 4.79 Å². The number of amides is 1. The Kier molecular flexibility index (Phi) is 5.55. The van der Waals surface area contributed by atoms with Crippen molar-refractivity contribution in [2.24, 2.45) is 0 Å². The van der Waals surface area contributed by atoms with Crippen LogP contribution in [0.4, 0.5) is 0 Å². The molecule has 5 nitrogen and oxygen atoms in total. The highest BCUT2D eigenvalue weighted by Crippen LogP contribution is 2.20. The van der Waals surface area contributed by atoms with E-state index in [2.05, 4.69) is 0 Å². The average Bonchev–Trinajstić information content (AvgIpc) is 2.44. The van der Waals surface area contributed by atoms with Gasteiger partial charge in [-0.25, -0.2) is 0 Å². The van der Waals surface area contributed by atoms with Crippen LogP contribution in [0.2, 0.25) is 0 Å². The SMILES string of the molecule is CCC1=CC(=O)N(C)C1OC.O=CO. The lowest BCUT2D eigenvalue weighted by Crippen LogP contribution is -2.32. The molecule has 0 aromatic rings. The van der Waals surface area contributed by atoms with E-state index in [1.165, 1.54) is 0 Å². The zero-order valence-corrected chi connectivity index (χ0v) is 8.56. The first kappa shape index (κ1) is 12.6. The van der Waals surface area contributed by atoms with E-state index in [4.69, 9.17) is 14.6 Å². The summed E-state index contributed by atoms with van der Waals surface area (Å²) in [7, 11) is 3.36. The van der Waals surface area contributed by atoms with Gasteiger partial charge in [0.2, 0.25) is 5.91 Å². The zero-order valence-electron chi connectivity index (χ0n) is 8.56. The molecule has 1 amide bonds. The summed E-state index contributed by atoms with van der Waals surface area (Å²) in [6.45, 7) is 1.77. The van der Waals surface area contributed by atoms with Gasteiger partial charge >= 0.3 is 0 Å². The maximum Gasteiger partial charge on any atom is 0.290 e. The quantitative estimate of drug-likeness (QED) is 0.659. The number of hydrogen-bond acceptors (Lipinski definition) is 3. The highest BCUT2D eigenvalue weighted by atomic mass is 16.5. The number of rotatable bonds is 2. The van der Waals surface area contributed by atoms with Crippen LogP contribution in [-0.4, -0.2) is 42.8 Å². The van der Waals surface area contributed by atoms with E-state index in [1.807, 2.05) is 6.92 Å². The van der Waals surface area contributed by atoms with Crippen molar-refractivity contribution in [3.05, 3.63) is 11.6 Å². The van der Waals surface area contributed by atoms with Crippen molar-refractivity contribution < 1.29 is 19.4 Å². The lowest BCUT2D eigenvalue weighted by Gasteiger charge is -2.20. The smallest absolute Gasteiger partial charge is 0.290 e. The highest BCUT2D eigenvalue weighted by Gasteiger charge is 2.27. The molecule has 0 saturated heterocycles. The average molecular weight is 201 g/mol. The van der Waals surface area contributed by atoms with Gasteiger partial charge in [-0.15, -0.1) is 0 Å². The van der Waals surface area contributed by atoms with Gasteiger partial charge in [0.05, 0.1) is 0 Å². The third-order valence-corrected chi connectivity index (χ3v) is 1.96. The normalized spacial score (nSPS) is 19.9. The van der Waals surface area contributed by atoms with Crippen molar-refractivity contribution in [1.29, 1.82) is 0 Å². The van der Waals surface area contributed by atoms with Crippen LogP contribution in [0.3, 0.4) is 0 Å². The standard InChI is InChI=1S/C8H13NO2.CH2O2/c1-4-6-5-7(10)9(2)8(6)11-3;2-1-3/h5,8H,4H2,1-3H3;1H,(H,2,3). The van der Waals surface area contributed by atoms with Crippen molar-refractivity contribution in [3.8, 4) is 0 Å². The number of carboxylic acid groups (broad SMARTS) is 1. The van der Waals surface area contributed by atoms with Crippen LogP contribution < -0.4 is 0 Å². The van der Waals surface area contributed by atoms with Crippen molar-refractivity contribution in [2.45, 2.75) is 19.6 Å². The second-order valence-corrected chi connectivity index (χ2v) is 2.72. The predicted octanol–water partition coefficient (Wildman–Crippen LogP) is 0.468. The summed E-state index contributed by atoms with van der Waals surface area (Å²) in [5.74, 6) is 0.0358. The number of hydrogen-bond donors (Lipinski definition) is 1. The molecule has 1 atom stereocenters. The number of ether oxygens (including phenoxy) is 1. The molecule has 0 fully saturated rings. The van der Waals surface area contributed by atoms with Crippen LogP contribution in [0.5, 0.6) is 0 Å². The Labute approximate surface area is 83.0 Å². The monoisotopic (exact) mass is 201 g/mol. The summed E-state index contributed by atoms with van der Waals surface area (Å²) < 4.78 is 5.13. The van der Waals surface area contributed by atoms with Gasteiger partial charge in [-0.3, -0.25) is 9.59 Å². The van der Waals surface area contributed by atoms with E-state index in [0.29, 0.717) is 0 Å². The van der Waals surface area contributed by atoms with Crippen LogP contribution in [0, 0.1) is 0 Å². The summed E-state index contributed by atoms with van der Waals surface area (Å²) in [6, 6.07) is 0. The molecular formula is C9H15NO4. The molecule has 14 heavy (non-hydrogen) atoms. The van der Waals surface area contributed by atoms with Crippen LogP contribution in [0.25, 0.3) is 0 Å². The first-order valence-corrected chi connectivity index (χ1v) is 4.20. The second kappa shape index (κ2) is 6.15. The minimum Gasteiger partial charge on any atom is -0.483 e. The maximum absolute atomic E-state index is 11.1.